The van der Waals surface area contributed by atoms with E-state index < -0.39 is 0 Å². The Morgan fingerprint density at radius 1 is 0.207 bits per heavy atom. The normalized spacial score (nSPS) is 11.2. The number of aromatic nitrogens is 6. The van der Waals surface area contributed by atoms with Gasteiger partial charge in [-0.25, -0.2) is 0 Å². The zero-order valence-corrected chi connectivity index (χ0v) is 44.8. The molecule has 8 nitrogen and oxygen atoms in total. The summed E-state index contributed by atoms with van der Waals surface area (Å²) in [6.45, 7) is 0. The molecule has 8 heteroatoms. The topological polar surface area (TPSA) is 52.0 Å². The summed E-state index contributed by atoms with van der Waals surface area (Å²) < 4.78 is 9.45. The standard InChI is InChI=1S/C74H54N8/c1-7-21-57(22-8-1)67-43-45-69(79(67)59-25-11-3-12-26-59)71-47-49-73(81(71)61-29-15-5-16-30-61)77(65-33-19-51-75-53-65)63-39-35-55(36-40-63)56-37-41-64(42-38-56)78(66-34-20-52-76-54-66)74-50-48-72(82(74)62-31-17-6-18-32-62)70-46-44-68(58-23-9-2-10-24-58)80(70)60-27-13-4-14-28-60/h1-54H. The fraction of sp³-hybridized carbons (Fsp3) is 0. The lowest BCUT2D eigenvalue weighted by Gasteiger charge is -2.28. The maximum absolute atomic E-state index is 4.65. The van der Waals surface area contributed by atoms with Gasteiger partial charge in [-0.3, -0.25) is 28.9 Å². The number of hydrogen-bond acceptors (Lipinski definition) is 4. The highest BCUT2D eigenvalue weighted by Gasteiger charge is 2.26. The summed E-state index contributed by atoms with van der Waals surface area (Å²) in [5.41, 5.74) is 19.0. The third-order valence-electron chi connectivity index (χ3n) is 15.1. The van der Waals surface area contributed by atoms with Gasteiger partial charge in [0.2, 0.25) is 0 Å². The van der Waals surface area contributed by atoms with Gasteiger partial charge in [-0.05, 0) is 168 Å². The van der Waals surface area contributed by atoms with Crippen molar-refractivity contribution in [1.82, 2.24) is 28.2 Å². The van der Waals surface area contributed by atoms with Gasteiger partial charge in [0.15, 0.2) is 0 Å². The monoisotopic (exact) mass is 1050 g/mol. The van der Waals surface area contributed by atoms with Crippen molar-refractivity contribution in [3.05, 3.63) is 328 Å². The molecular weight excluding hydrogens is 1000 g/mol. The minimum absolute atomic E-state index is 0.939. The molecule has 6 aromatic heterocycles. The Labute approximate surface area is 477 Å². The van der Waals surface area contributed by atoms with Gasteiger partial charge in [0.05, 0.1) is 57.9 Å². The van der Waals surface area contributed by atoms with Gasteiger partial charge in [-0.2, -0.15) is 0 Å². The first-order valence-corrected chi connectivity index (χ1v) is 27.5. The summed E-state index contributed by atoms with van der Waals surface area (Å²) in [6.07, 6.45) is 7.52. The second-order valence-electron chi connectivity index (χ2n) is 20.0. The van der Waals surface area contributed by atoms with Crippen molar-refractivity contribution in [3.63, 3.8) is 0 Å². The fourth-order valence-corrected chi connectivity index (χ4v) is 11.4. The molecule has 0 unspecified atom stereocenters. The predicted octanol–water partition coefficient (Wildman–Crippen LogP) is 18.9. The first-order valence-electron chi connectivity index (χ1n) is 27.5. The number of benzene rings is 8. The zero-order chi connectivity index (χ0) is 54.6. The summed E-state index contributed by atoms with van der Waals surface area (Å²) in [6, 6.07) is 108. The van der Waals surface area contributed by atoms with Crippen LogP contribution in [0.2, 0.25) is 0 Å². The summed E-state index contributed by atoms with van der Waals surface area (Å²) >= 11 is 0. The Kier molecular flexibility index (Phi) is 13.1. The third-order valence-corrected chi connectivity index (χ3v) is 15.1. The highest BCUT2D eigenvalue weighted by molar-refractivity contribution is 5.85. The van der Waals surface area contributed by atoms with Crippen LogP contribution in [-0.2, 0) is 0 Å². The van der Waals surface area contributed by atoms with Gasteiger partial charge >= 0.3 is 0 Å². The lowest BCUT2D eigenvalue weighted by molar-refractivity contribution is 1.01. The van der Waals surface area contributed by atoms with Gasteiger partial charge in [-0.1, -0.05) is 158 Å². The van der Waals surface area contributed by atoms with Crippen LogP contribution in [0.5, 0.6) is 0 Å². The molecule has 390 valence electrons. The summed E-state index contributed by atoms with van der Waals surface area (Å²) in [4.78, 5) is 13.9. The van der Waals surface area contributed by atoms with Crippen molar-refractivity contribution in [2.24, 2.45) is 0 Å². The number of pyridine rings is 2. The van der Waals surface area contributed by atoms with Gasteiger partial charge in [0.25, 0.3) is 0 Å². The minimum Gasteiger partial charge on any atom is -0.308 e. The Morgan fingerprint density at radius 2 is 0.500 bits per heavy atom. The van der Waals surface area contributed by atoms with Crippen LogP contribution >= 0.6 is 0 Å². The molecule has 0 radical (unpaired) electrons. The molecule has 14 aromatic rings. The van der Waals surface area contributed by atoms with Crippen LogP contribution in [0.15, 0.2) is 328 Å². The van der Waals surface area contributed by atoms with Gasteiger partial charge in [0.1, 0.15) is 11.6 Å². The smallest absolute Gasteiger partial charge is 0.122 e. The van der Waals surface area contributed by atoms with Gasteiger partial charge < -0.3 is 9.13 Å². The molecular formula is C74H54N8. The molecule has 0 saturated carbocycles. The summed E-state index contributed by atoms with van der Waals surface area (Å²) in [7, 11) is 0. The van der Waals surface area contributed by atoms with Crippen LogP contribution in [0.1, 0.15) is 0 Å². The molecule has 0 aliphatic rings. The lowest BCUT2D eigenvalue weighted by atomic mass is 10.0. The molecule has 0 atom stereocenters. The van der Waals surface area contributed by atoms with E-state index in [9.17, 15) is 0 Å². The van der Waals surface area contributed by atoms with Crippen molar-refractivity contribution >= 4 is 34.4 Å². The van der Waals surface area contributed by atoms with Crippen LogP contribution in [0.4, 0.5) is 34.4 Å². The van der Waals surface area contributed by atoms with E-state index in [2.05, 4.69) is 329 Å². The van der Waals surface area contributed by atoms with Crippen LogP contribution < -0.4 is 9.80 Å². The molecule has 0 N–H and O–H groups in total. The number of rotatable bonds is 15. The summed E-state index contributed by atoms with van der Waals surface area (Å²) in [5, 5.41) is 0. The lowest BCUT2D eigenvalue weighted by Crippen LogP contribution is -2.15. The molecule has 14 rings (SSSR count). The van der Waals surface area contributed by atoms with Crippen LogP contribution in [0.3, 0.4) is 0 Å². The average molecular weight is 1060 g/mol. The molecule has 0 aliphatic heterocycles. The first-order chi connectivity index (χ1) is 40.7. The fourth-order valence-electron chi connectivity index (χ4n) is 11.4. The molecule has 8 aromatic carbocycles. The number of hydrogen-bond donors (Lipinski definition) is 0. The van der Waals surface area contributed by atoms with E-state index >= 15 is 0 Å². The molecule has 0 bridgehead atoms. The quantitative estimate of drug-likeness (QED) is 0.103. The maximum atomic E-state index is 4.65. The molecule has 82 heavy (non-hydrogen) atoms. The van der Waals surface area contributed by atoms with Crippen molar-refractivity contribution in [1.29, 1.82) is 0 Å². The van der Waals surface area contributed by atoms with Crippen molar-refractivity contribution in [3.8, 4) is 79.2 Å². The van der Waals surface area contributed by atoms with Crippen molar-refractivity contribution in [2.75, 3.05) is 9.80 Å². The number of anilines is 6. The molecule has 0 spiro atoms. The first kappa shape index (κ1) is 49.1. The maximum Gasteiger partial charge on any atom is 0.122 e. The van der Waals surface area contributed by atoms with E-state index in [0.717, 1.165) is 114 Å². The van der Waals surface area contributed by atoms with Crippen LogP contribution in [0.25, 0.3) is 79.2 Å². The van der Waals surface area contributed by atoms with E-state index in [1.165, 1.54) is 0 Å². The zero-order valence-electron chi connectivity index (χ0n) is 44.8. The van der Waals surface area contributed by atoms with Gasteiger partial charge in [-0.15, -0.1) is 0 Å². The Hall–Kier alpha value is -11.2. The Balaban J connectivity index is 0.852. The highest BCUT2D eigenvalue weighted by atomic mass is 15.3. The highest BCUT2D eigenvalue weighted by Crippen LogP contribution is 2.45. The molecule has 0 amide bonds. The third kappa shape index (κ3) is 9.25. The molecule has 0 fully saturated rings. The summed E-state index contributed by atoms with van der Waals surface area (Å²) in [5.74, 6) is 1.94. The van der Waals surface area contributed by atoms with E-state index in [-0.39, 0.29) is 0 Å². The number of nitrogens with zero attached hydrogens (tertiary/aromatic N) is 8. The van der Waals surface area contributed by atoms with Crippen molar-refractivity contribution < 1.29 is 0 Å². The Morgan fingerprint density at radius 3 is 0.829 bits per heavy atom. The van der Waals surface area contributed by atoms with Crippen molar-refractivity contribution in [2.45, 2.75) is 0 Å². The van der Waals surface area contributed by atoms with E-state index in [0.29, 0.717) is 0 Å². The second-order valence-corrected chi connectivity index (χ2v) is 20.0. The number of para-hydroxylation sites is 4. The minimum atomic E-state index is 0.939. The van der Waals surface area contributed by atoms with E-state index in [4.69, 9.17) is 0 Å². The SMILES string of the molecule is c1ccc(-c2ccc(-c3ccc(N(c4ccc(-c5ccc(N(c6cccnc6)c6ccc(-c7ccc(-c8ccccc8)n7-c7ccccc7)n6-c6ccccc6)cc5)cc4)c4cccnc4)n3-c3ccccc3)n2-c2ccccc2)cc1. The van der Waals surface area contributed by atoms with Crippen LogP contribution in [0, 0.1) is 0 Å². The van der Waals surface area contributed by atoms with E-state index in [1.54, 1.807) is 0 Å². The molecule has 6 heterocycles. The Bertz CT molecular complexity index is 4100. The largest absolute Gasteiger partial charge is 0.308 e. The second kappa shape index (κ2) is 21.9. The average Bonchev–Trinajstić information content (AvgIpc) is 3.90. The van der Waals surface area contributed by atoms with Crippen LogP contribution in [-0.4, -0.2) is 28.2 Å². The van der Waals surface area contributed by atoms with Gasteiger partial charge in [0, 0.05) is 46.5 Å². The van der Waals surface area contributed by atoms with E-state index in [1.807, 2.05) is 36.9 Å². The predicted molar refractivity (Wildman–Crippen MR) is 336 cm³/mol. The molecule has 0 saturated heterocycles. The molecule has 0 aliphatic carbocycles.